The van der Waals surface area contributed by atoms with Gasteiger partial charge in [-0.05, 0) is 18.9 Å². The second-order valence-electron chi connectivity index (χ2n) is 5.04. The Morgan fingerprint density at radius 3 is 3.00 bits per heavy atom. The zero-order chi connectivity index (χ0) is 15.0. The minimum absolute atomic E-state index is 0.0253. The molecule has 1 atom stereocenters. The number of hydrogen-bond acceptors (Lipinski definition) is 2. The summed E-state index contributed by atoms with van der Waals surface area (Å²) in [6.07, 6.45) is 2.13. The van der Waals surface area contributed by atoms with Crippen LogP contribution < -0.4 is 5.32 Å². The van der Waals surface area contributed by atoms with Gasteiger partial charge in [0.25, 0.3) is 0 Å². The van der Waals surface area contributed by atoms with E-state index in [4.69, 9.17) is 23.2 Å². The highest BCUT2D eigenvalue weighted by atomic mass is 35.5. The summed E-state index contributed by atoms with van der Waals surface area (Å²) in [6.45, 7) is 0.683. The van der Waals surface area contributed by atoms with Crippen molar-refractivity contribution in [3.63, 3.8) is 0 Å². The lowest BCUT2D eigenvalue weighted by molar-refractivity contribution is -0.125. The van der Waals surface area contributed by atoms with Crippen LogP contribution in [0.15, 0.2) is 12.1 Å². The summed E-state index contributed by atoms with van der Waals surface area (Å²) < 4.78 is 15.5. The van der Waals surface area contributed by atoms with Crippen molar-refractivity contribution in [2.24, 2.45) is 0 Å². The number of halogens is 3. The molecule has 0 spiro atoms. The first kappa shape index (κ1) is 14.6. The first-order valence-corrected chi connectivity index (χ1v) is 7.72. The van der Waals surface area contributed by atoms with E-state index in [9.17, 15) is 9.18 Å². The number of carbonyl (C=O) groups excluding carboxylic acids is 1. The molecule has 7 heteroatoms. The van der Waals surface area contributed by atoms with Crippen molar-refractivity contribution in [2.75, 3.05) is 12.4 Å². The van der Waals surface area contributed by atoms with Crippen LogP contribution in [0.5, 0.6) is 0 Å². The maximum atomic E-state index is 13.6. The van der Waals surface area contributed by atoms with Gasteiger partial charge in [0.15, 0.2) is 0 Å². The average molecular weight is 330 g/mol. The minimum Gasteiger partial charge on any atom is -0.354 e. The molecule has 21 heavy (non-hydrogen) atoms. The number of aromatic nitrogens is 2. The quantitative estimate of drug-likeness (QED) is 0.880. The molecule has 0 aliphatic carbocycles. The van der Waals surface area contributed by atoms with Gasteiger partial charge < -0.3 is 9.88 Å². The highest BCUT2D eigenvalue weighted by molar-refractivity contribution is 6.31. The minimum atomic E-state index is -0.515. The summed E-state index contributed by atoms with van der Waals surface area (Å²) in [6, 6.07) is 2.48. The summed E-state index contributed by atoms with van der Waals surface area (Å²) in [4.78, 5) is 16.6. The number of piperidine rings is 1. The fourth-order valence-electron chi connectivity index (χ4n) is 2.75. The lowest BCUT2D eigenvalue weighted by atomic mass is 10.1. The Morgan fingerprint density at radius 2 is 2.29 bits per heavy atom. The van der Waals surface area contributed by atoms with Crippen molar-refractivity contribution in [1.82, 2.24) is 14.9 Å². The van der Waals surface area contributed by atoms with Crippen LogP contribution in [0.4, 0.5) is 4.39 Å². The molecule has 4 nitrogen and oxygen atoms in total. The Morgan fingerprint density at radius 1 is 1.48 bits per heavy atom. The number of alkyl halides is 1. The molecule has 1 saturated heterocycles. The molecule has 2 heterocycles. The van der Waals surface area contributed by atoms with Crippen molar-refractivity contribution in [3.8, 4) is 0 Å². The molecule has 2 aromatic rings. The average Bonchev–Trinajstić information content (AvgIpc) is 2.78. The molecule has 0 radical (unpaired) electrons. The topological polar surface area (TPSA) is 46.9 Å². The molecule has 1 N–H and O–H groups in total. The van der Waals surface area contributed by atoms with Gasteiger partial charge in [-0.1, -0.05) is 11.6 Å². The molecule has 1 aliphatic heterocycles. The van der Waals surface area contributed by atoms with E-state index in [1.807, 2.05) is 4.57 Å². The highest BCUT2D eigenvalue weighted by Gasteiger charge is 2.28. The summed E-state index contributed by atoms with van der Waals surface area (Å²) >= 11 is 11.7. The Labute approximate surface area is 131 Å². The van der Waals surface area contributed by atoms with Crippen molar-refractivity contribution < 1.29 is 9.18 Å². The molecule has 1 aromatic carbocycles. The van der Waals surface area contributed by atoms with E-state index in [0.29, 0.717) is 35.7 Å². The molecular weight excluding hydrogens is 316 g/mol. The summed E-state index contributed by atoms with van der Waals surface area (Å²) in [7, 11) is 0. The highest BCUT2D eigenvalue weighted by Crippen LogP contribution is 2.29. The number of rotatable bonds is 3. The fraction of sp³-hybridized carbons (Fsp3) is 0.429. The Bertz CT molecular complexity index is 701. The zero-order valence-corrected chi connectivity index (χ0v) is 12.7. The predicted octanol–water partition coefficient (Wildman–Crippen LogP) is 3.06. The predicted molar refractivity (Wildman–Crippen MR) is 80.4 cm³/mol. The molecule has 0 saturated carbocycles. The molecule has 1 aliphatic rings. The molecular formula is C14H14Cl2FN3O. The van der Waals surface area contributed by atoms with Crippen LogP contribution in [0.2, 0.25) is 5.02 Å². The zero-order valence-electron chi connectivity index (χ0n) is 11.2. The molecule has 1 amide bonds. The van der Waals surface area contributed by atoms with E-state index in [0.717, 1.165) is 12.8 Å². The normalized spacial score (nSPS) is 19.0. The summed E-state index contributed by atoms with van der Waals surface area (Å²) in [5.74, 6) is 0.508. The van der Waals surface area contributed by atoms with Gasteiger partial charge in [-0.25, -0.2) is 9.37 Å². The van der Waals surface area contributed by atoms with Crippen LogP contribution in [0.1, 0.15) is 24.7 Å². The van der Waals surface area contributed by atoms with Crippen LogP contribution >= 0.6 is 23.2 Å². The summed E-state index contributed by atoms with van der Waals surface area (Å²) in [5, 5.41) is 2.88. The van der Waals surface area contributed by atoms with Crippen molar-refractivity contribution in [3.05, 3.63) is 28.8 Å². The van der Waals surface area contributed by atoms with Gasteiger partial charge in [-0.3, -0.25) is 4.79 Å². The molecule has 0 bridgehead atoms. The van der Waals surface area contributed by atoms with Crippen LogP contribution in [0, 0.1) is 5.82 Å². The maximum absolute atomic E-state index is 13.6. The van der Waals surface area contributed by atoms with Gasteiger partial charge in [0, 0.05) is 24.9 Å². The third-order valence-electron chi connectivity index (χ3n) is 3.69. The number of carbonyl (C=O) groups is 1. The van der Waals surface area contributed by atoms with Crippen LogP contribution in [-0.2, 0) is 11.2 Å². The van der Waals surface area contributed by atoms with Gasteiger partial charge in [0.05, 0.1) is 16.1 Å². The molecule has 1 aromatic heterocycles. The van der Waals surface area contributed by atoms with Gasteiger partial charge in [0.1, 0.15) is 17.7 Å². The fourth-order valence-corrected chi connectivity index (χ4v) is 3.08. The second kappa shape index (κ2) is 5.81. The van der Waals surface area contributed by atoms with Gasteiger partial charge in [-0.15, -0.1) is 11.6 Å². The number of nitrogens with one attached hydrogen (secondary N) is 1. The lowest BCUT2D eigenvalue weighted by Gasteiger charge is -2.25. The monoisotopic (exact) mass is 329 g/mol. The number of hydrogen-bond donors (Lipinski definition) is 1. The van der Waals surface area contributed by atoms with Gasteiger partial charge in [-0.2, -0.15) is 0 Å². The number of amides is 1. The van der Waals surface area contributed by atoms with E-state index < -0.39 is 5.82 Å². The second-order valence-corrected chi connectivity index (χ2v) is 5.83. The first-order chi connectivity index (χ1) is 10.1. The van der Waals surface area contributed by atoms with E-state index in [-0.39, 0.29) is 17.0 Å². The van der Waals surface area contributed by atoms with E-state index in [1.165, 1.54) is 12.1 Å². The molecule has 1 fully saturated rings. The number of aryl methyl sites for hydroxylation is 1. The van der Waals surface area contributed by atoms with E-state index >= 15 is 0 Å². The number of benzene rings is 1. The third kappa shape index (κ3) is 2.60. The summed E-state index contributed by atoms with van der Waals surface area (Å²) in [5.41, 5.74) is 1.17. The molecule has 3 rings (SSSR count). The Hall–Kier alpha value is -1.33. The molecule has 112 valence electrons. The van der Waals surface area contributed by atoms with Crippen LogP contribution in [0.3, 0.4) is 0 Å². The van der Waals surface area contributed by atoms with Crippen molar-refractivity contribution >= 4 is 40.1 Å². The maximum Gasteiger partial charge on any atom is 0.243 e. The number of nitrogens with zero attached hydrogens (tertiary/aromatic N) is 2. The largest absolute Gasteiger partial charge is 0.354 e. The SMILES string of the molecule is O=C1NCCCC1n1c(CCCl)nc2cc(F)c(Cl)cc21. The number of fused-ring (bicyclic) bond motifs is 1. The molecule has 1 unspecified atom stereocenters. The van der Waals surface area contributed by atoms with E-state index in [2.05, 4.69) is 10.3 Å². The van der Waals surface area contributed by atoms with Crippen molar-refractivity contribution in [1.29, 1.82) is 0 Å². The van der Waals surface area contributed by atoms with Crippen LogP contribution in [-0.4, -0.2) is 27.9 Å². The van der Waals surface area contributed by atoms with Crippen molar-refractivity contribution in [2.45, 2.75) is 25.3 Å². The lowest BCUT2D eigenvalue weighted by Crippen LogP contribution is -2.38. The van der Waals surface area contributed by atoms with Crippen LogP contribution in [0.25, 0.3) is 11.0 Å². The third-order valence-corrected chi connectivity index (χ3v) is 4.17. The smallest absolute Gasteiger partial charge is 0.243 e. The van der Waals surface area contributed by atoms with E-state index in [1.54, 1.807) is 0 Å². The van der Waals surface area contributed by atoms with Gasteiger partial charge in [0.2, 0.25) is 5.91 Å². The Balaban J connectivity index is 2.19. The number of imidazole rings is 1. The first-order valence-electron chi connectivity index (χ1n) is 6.81. The standard InChI is InChI=1S/C14H14Cl2FN3O/c15-4-3-13-19-10-7-9(17)8(16)6-12(10)20(13)11-2-1-5-18-14(11)21/h6-7,11H,1-5H2,(H,18,21). The van der Waals surface area contributed by atoms with Gasteiger partial charge >= 0.3 is 0 Å². The Kier molecular flexibility index (Phi) is 4.04.